The smallest absolute Gasteiger partial charge is 0.00922 e. The molecule has 0 amide bonds. The van der Waals surface area contributed by atoms with Crippen molar-refractivity contribution in [1.82, 2.24) is 0 Å². The van der Waals surface area contributed by atoms with Crippen LogP contribution in [-0.4, -0.2) is 0 Å². The first-order chi connectivity index (χ1) is 9.38. The molecule has 0 fully saturated rings. The number of benzene rings is 1. The van der Waals surface area contributed by atoms with Gasteiger partial charge in [-0.15, -0.1) is 6.58 Å². The fraction of sp³-hybridized carbons (Fsp3) is 0.368. The lowest BCUT2D eigenvalue weighted by atomic mass is 9.95. The second kappa shape index (κ2) is 10.2. The van der Waals surface area contributed by atoms with Gasteiger partial charge >= 0.3 is 0 Å². The molecule has 0 heterocycles. The van der Waals surface area contributed by atoms with Crippen molar-refractivity contribution >= 4 is 0 Å². The minimum absolute atomic E-state index is 0.392. The lowest BCUT2D eigenvalue weighted by Crippen LogP contribution is -1.92. The Kier molecular flexibility index (Phi) is 8.23. The van der Waals surface area contributed by atoms with Gasteiger partial charge in [0.1, 0.15) is 0 Å². The summed E-state index contributed by atoms with van der Waals surface area (Å²) >= 11 is 0. The lowest BCUT2D eigenvalue weighted by Gasteiger charge is -2.09. The molecule has 0 spiro atoms. The van der Waals surface area contributed by atoms with Crippen LogP contribution in [0.1, 0.15) is 50.5 Å². The molecule has 19 heavy (non-hydrogen) atoms. The monoisotopic (exact) mass is 252 g/mol. The fourth-order valence-corrected chi connectivity index (χ4v) is 1.96. The zero-order valence-electron chi connectivity index (χ0n) is 11.9. The molecule has 1 aromatic carbocycles. The molecule has 1 aromatic rings. The van der Waals surface area contributed by atoms with Crippen LogP contribution in [-0.2, 0) is 0 Å². The quantitative estimate of drug-likeness (QED) is 0.342. The Bertz CT molecular complexity index is 428. The third-order valence-corrected chi connectivity index (χ3v) is 3.07. The first-order valence-corrected chi connectivity index (χ1v) is 7.19. The Morgan fingerprint density at radius 3 is 2.68 bits per heavy atom. The Balaban J connectivity index is 2.52. The van der Waals surface area contributed by atoms with Gasteiger partial charge in [0.2, 0.25) is 0 Å². The number of hydrogen-bond donors (Lipinski definition) is 0. The highest BCUT2D eigenvalue weighted by Crippen LogP contribution is 2.21. The van der Waals surface area contributed by atoms with Crippen molar-refractivity contribution in [3.05, 3.63) is 60.7 Å². The first-order valence-electron chi connectivity index (χ1n) is 7.19. The van der Waals surface area contributed by atoms with Gasteiger partial charge in [0.05, 0.1) is 0 Å². The highest BCUT2D eigenvalue weighted by molar-refractivity contribution is 5.27. The van der Waals surface area contributed by atoms with Crippen molar-refractivity contribution < 1.29 is 0 Å². The van der Waals surface area contributed by atoms with E-state index >= 15 is 0 Å². The summed E-state index contributed by atoms with van der Waals surface area (Å²) in [7, 11) is 0. The Morgan fingerprint density at radius 2 is 2.00 bits per heavy atom. The van der Waals surface area contributed by atoms with Crippen LogP contribution in [0.5, 0.6) is 0 Å². The molecule has 0 aliphatic rings. The van der Waals surface area contributed by atoms with Crippen LogP contribution in [0.25, 0.3) is 0 Å². The van der Waals surface area contributed by atoms with E-state index in [1.165, 1.54) is 24.8 Å². The zero-order chi connectivity index (χ0) is 13.8. The summed E-state index contributed by atoms with van der Waals surface area (Å²) in [6.07, 6.45) is 11.9. The van der Waals surface area contributed by atoms with Gasteiger partial charge < -0.3 is 0 Å². The molecule has 0 aliphatic carbocycles. The molecule has 0 radical (unpaired) electrons. The molecule has 0 saturated carbocycles. The first kappa shape index (κ1) is 15.3. The normalized spacial score (nSPS) is 11.8. The van der Waals surface area contributed by atoms with Gasteiger partial charge in [-0.05, 0) is 24.5 Å². The topological polar surface area (TPSA) is 0 Å². The van der Waals surface area contributed by atoms with Crippen LogP contribution in [0.2, 0.25) is 0 Å². The third kappa shape index (κ3) is 6.67. The maximum Gasteiger partial charge on any atom is 0.00922 e. The number of allylic oxidation sites excluding steroid dienone is 3. The summed E-state index contributed by atoms with van der Waals surface area (Å²) in [6, 6.07) is 10.5. The summed E-state index contributed by atoms with van der Waals surface area (Å²) in [4.78, 5) is 0. The van der Waals surface area contributed by atoms with E-state index in [0.717, 1.165) is 12.8 Å². The second-order valence-electron chi connectivity index (χ2n) is 4.68. The van der Waals surface area contributed by atoms with Crippen LogP contribution >= 0.6 is 0 Å². The number of unbranched alkanes of at least 4 members (excludes halogenated alkanes) is 3. The van der Waals surface area contributed by atoms with E-state index in [9.17, 15) is 0 Å². The van der Waals surface area contributed by atoms with Gasteiger partial charge in [-0.1, -0.05) is 74.1 Å². The molecule has 100 valence electrons. The van der Waals surface area contributed by atoms with Crippen LogP contribution in [0.4, 0.5) is 0 Å². The van der Waals surface area contributed by atoms with Crippen molar-refractivity contribution in [3.63, 3.8) is 0 Å². The van der Waals surface area contributed by atoms with Crippen molar-refractivity contribution in [2.24, 2.45) is 0 Å². The van der Waals surface area contributed by atoms with Crippen LogP contribution in [0.3, 0.4) is 0 Å². The number of hydrogen-bond acceptors (Lipinski definition) is 0. The largest absolute Gasteiger partial charge is 0.103 e. The van der Waals surface area contributed by atoms with Crippen LogP contribution in [0.15, 0.2) is 55.1 Å². The molecule has 0 N–H and O–H groups in total. The van der Waals surface area contributed by atoms with Crippen molar-refractivity contribution in [2.45, 2.75) is 44.9 Å². The van der Waals surface area contributed by atoms with E-state index < -0.39 is 0 Å². The summed E-state index contributed by atoms with van der Waals surface area (Å²) in [5.41, 5.74) is 1.33. The summed E-state index contributed by atoms with van der Waals surface area (Å²) < 4.78 is 0. The molecule has 0 aliphatic heterocycles. The van der Waals surface area contributed by atoms with E-state index in [4.69, 9.17) is 0 Å². The average molecular weight is 252 g/mol. The average Bonchev–Trinajstić information content (AvgIpc) is 2.46. The zero-order valence-corrected chi connectivity index (χ0v) is 11.9. The van der Waals surface area contributed by atoms with Gasteiger partial charge in [0, 0.05) is 12.3 Å². The molecule has 1 unspecified atom stereocenters. The molecule has 1 rings (SSSR count). The summed E-state index contributed by atoms with van der Waals surface area (Å²) in [5, 5.41) is 0. The van der Waals surface area contributed by atoms with E-state index in [1.54, 1.807) is 0 Å². The SMILES string of the molecule is C=CCC(/C=C/C#CCCCCC)c1ccccc1. The highest BCUT2D eigenvalue weighted by Gasteiger charge is 2.04. The van der Waals surface area contributed by atoms with Gasteiger partial charge in [-0.2, -0.15) is 0 Å². The van der Waals surface area contributed by atoms with Crippen molar-refractivity contribution in [1.29, 1.82) is 0 Å². The maximum absolute atomic E-state index is 3.83. The van der Waals surface area contributed by atoms with Gasteiger partial charge in [0.25, 0.3) is 0 Å². The summed E-state index contributed by atoms with van der Waals surface area (Å²) in [5.74, 6) is 6.74. The predicted octanol–water partition coefficient (Wildman–Crippen LogP) is 5.49. The van der Waals surface area contributed by atoms with E-state index in [1.807, 2.05) is 18.2 Å². The lowest BCUT2D eigenvalue weighted by molar-refractivity contribution is 0.737. The molecule has 0 saturated heterocycles. The molecule has 0 nitrogen and oxygen atoms in total. The van der Waals surface area contributed by atoms with Crippen molar-refractivity contribution in [3.8, 4) is 11.8 Å². The minimum atomic E-state index is 0.392. The maximum atomic E-state index is 3.83. The highest BCUT2D eigenvalue weighted by atomic mass is 14.1. The van der Waals surface area contributed by atoms with Gasteiger partial charge in [-0.25, -0.2) is 0 Å². The molecule has 0 heteroatoms. The Labute approximate surface area is 118 Å². The molecule has 0 aromatic heterocycles. The fourth-order valence-electron chi connectivity index (χ4n) is 1.96. The van der Waals surface area contributed by atoms with Crippen LogP contribution in [0, 0.1) is 11.8 Å². The van der Waals surface area contributed by atoms with E-state index in [-0.39, 0.29) is 0 Å². The van der Waals surface area contributed by atoms with Crippen molar-refractivity contribution in [2.75, 3.05) is 0 Å². The van der Waals surface area contributed by atoms with Gasteiger partial charge in [-0.3, -0.25) is 0 Å². The molecule has 1 atom stereocenters. The standard InChI is InChI=1S/C19H24/c1-3-5-6-7-8-9-11-15-18(14-4-2)19-16-12-10-13-17-19/h4,10-13,15-18H,2-3,5-7,14H2,1H3/b15-11+. The van der Waals surface area contributed by atoms with Crippen LogP contribution < -0.4 is 0 Å². The van der Waals surface area contributed by atoms with Gasteiger partial charge in [0.15, 0.2) is 0 Å². The molecule has 0 bridgehead atoms. The minimum Gasteiger partial charge on any atom is -0.103 e. The Morgan fingerprint density at radius 1 is 1.21 bits per heavy atom. The molecular formula is C19H24. The van der Waals surface area contributed by atoms with E-state index in [2.05, 4.69) is 55.7 Å². The summed E-state index contributed by atoms with van der Waals surface area (Å²) in [6.45, 7) is 6.05. The third-order valence-electron chi connectivity index (χ3n) is 3.07. The second-order valence-corrected chi connectivity index (χ2v) is 4.68. The number of rotatable bonds is 7. The Hall–Kier alpha value is -1.74. The predicted molar refractivity (Wildman–Crippen MR) is 85.1 cm³/mol. The van der Waals surface area contributed by atoms with E-state index in [0.29, 0.717) is 5.92 Å². The molecular weight excluding hydrogens is 228 g/mol.